The van der Waals surface area contributed by atoms with Gasteiger partial charge in [0.2, 0.25) is 0 Å². The summed E-state index contributed by atoms with van der Waals surface area (Å²) < 4.78 is 25.5. The third kappa shape index (κ3) is 6.51. The summed E-state index contributed by atoms with van der Waals surface area (Å²) in [7, 11) is 0. The van der Waals surface area contributed by atoms with Gasteiger partial charge in [0.05, 0.1) is 24.1 Å². The fraction of sp³-hybridized carbons (Fsp3) is 0.409. The van der Waals surface area contributed by atoms with E-state index in [4.69, 9.17) is 0 Å². The summed E-state index contributed by atoms with van der Waals surface area (Å²) >= 11 is -2.20. The third-order valence-electron chi connectivity index (χ3n) is 5.67. The molecule has 8 nitrogen and oxygen atoms in total. The molecule has 1 N–H and O–H groups in total. The molecule has 0 spiro atoms. The van der Waals surface area contributed by atoms with Gasteiger partial charge in [-0.05, 0) is 61.5 Å². The SMILES string of the molecule is O=S([O-])NCCc1cccc(C2CCN(Cc3cn(Cc4ccccn4)nn3)CC2)c1. The molecule has 9 heteroatoms. The topological polar surface area (TPSA) is 99.0 Å². The lowest BCUT2D eigenvalue weighted by Gasteiger charge is -2.31. The van der Waals surface area contributed by atoms with Gasteiger partial charge in [-0.1, -0.05) is 35.5 Å². The van der Waals surface area contributed by atoms with Gasteiger partial charge >= 0.3 is 0 Å². The Morgan fingerprint density at radius 3 is 2.74 bits per heavy atom. The Labute approximate surface area is 185 Å². The zero-order valence-electron chi connectivity index (χ0n) is 17.4. The van der Waals surface area contributed by atoms with Crippen LogP contribution in [0.5, 0.6) is 0 Å². The summed E-state index contributed by atoms with van der Waals surface area (Å²) in [5.74, 6) is 0.539. The van der Waals surface area contributed by atoms with Crippen LogP contribution in [0, 0.1) is 0 Å². The first kappa shape index (κ1) is 21.8. The molecule has 3 heterocycles. The van der Waals surface area contributed by atoms with E-state index in [2.05, 4.69) is 49.2 Å². The van der Waals surface area contributed by atoms with Crippen molar-refractivity contribution < 1.29 is 8.76 Å². The minimum absolute atomic E-state index is 0.430. The highest BCUT2D eigenvalue weighted by Gasteiger charge is 2.21. The van der Waals surface area contributed by atoms with Crippen LogP contribution in [0.15, 0.2) is 54.9 Å². The minimum Gasteiger partial charge on any atom is -0.760 e. The van der Waals surface area contributed by atoms with E-state index in [1.54, 1.807) is 6.20 Å². The van der Waals surface area contributed by atoms with Gasteiger partial charge in [0, 0.05) is 30.6 Å². The smallest absolute Gasteiger partial charge is 0.0967 e. The van der Waals surface area contributed by atoms with E-state index < -0.39 is 11.3 Å². The van der Waals surface area contributed by atoms with Crippen molar-refractivity contribution in [3.8, 4) is 0 Å². The monoisotopic (exact) mass is 439 g/mol. The van der Waals surface area contributed by atoms with Crippen LogP contribution in [-0.2, 0) is 30.8 Å². The molecule has 1 aliphatic heterocycles. The van der Waals surface area contributed by atoms with Crippen molar-refractivity contribution >= 4 is 11.3 Å². The van der Waals surface area contributed by atoms with E-state index in [0.29, 0.717) is 25.4 Å². The van der Waals surface area contributed by atoms with Crippen molar-refractivity contribution in [3.05, 3.63) is 77.4 Å². The zero-order valence-corrected chi connectivity index (χ0v) is 18.2. The molecule has 1 aromatic carbocycles. The normalized spacial score (nSPS) is 16.4. The largest absolute Gasteiger partial charge is 0.760 e. The molecular formula is C22H27N6O2S-. The van der Waals surface area contributed by atoms with Crippen molar-refractivity contribution in [3.63, 3.8) is 0 Å². The molecule has 3 aromatic rings. The highest BCUT2D eigenvalue weighted by atomic mass is 32.2. The molecule has 2 aromatic heterocycles. The summed E-state index contributed by atoms with van der Waals surface area (Å²) in [5, 5.41) is 8.57. The molecule has 0 amide bonds. The van der Waals surface area contributed by atoms with Gasteiger partial charge in [0.25, 0.3) is 0 Å². The van der Waals surface area contributed by atoms with Crippen LogP contribution in [0.4, 0.5) is 0 Å². The van der Waals surface area contributed by atoms with Gasteiger partial charge in [-0.15, -0.1) is 5.10 Å². The van der Waals surface area contributed by atoms with E-state index in [1.165, 1.54) is 11.1 Å². The highest BCUT2D eigenvalue weighted by Crippen LogP contribution is 2.29. The van der Waals surface area contributed by atoms with E-state index >= 15 is 0 Å². The number of hydrogen-bond acceptors (Lipinski definition) is 6. The lowest BCUT2D eigenvalue weighted by molar-refractivity contribution is 0.202. The molecule has 31 heavy (non-hydrogen) atoms. The maximum Gasteiger partial charge on any atom is 0.0967 e. The number of aromatic nitrogens is 4. The number of nitrogens with zero attached hydrogens (tertiary/aromatic N) is 5. The van der Waals surface area contributed by atoms with Crippen molar-refractivity contribution in [2.75, 3.05) is 19.6 Å². The van der Waals surface area contributed by atoms with Gasteiger partial charge < -0.3 is 4.55 Å². The van der Waals surface area contributed by atoms with Crippen LogP contribution in [0.2, 0.25) is 0 Å². The van der Waals surface area contributed by atoms with Crippen LogP contribution >= 0.6 is 0 Å². The molecule has 1 saturated heterocycles. The number of piperidine rings is 1. The molecule has 1 unspecified atom stereocenters. The first-order chi connectivity index (χ1) is 15.2. The van der Waals surface area contributed by atoms with Gasteiger partial charge in [0.15, 0.2) is 0 Å². The van der Waals surface area contributed by atoms with E-state index in [1.807, 2.05) is 29.1 Å². The molecule has 4 rings (SSSR count). The fourth-order valence-corrected chi connectivity index (χ4v) is 4.35. The predicted molar refractivity (Wildman–Crippen MR) is 118 cm³/mol. The number of hydrogen-bond donors (Lipinski definition) is 1. The van der Waals surface area contributed by atoms with Gasteiger partial charge in [-0.25, -0.2) is 9.40 Å². The number of nitrogens with one attached hydrogen (secondary N) is 1. The Morgan fingerprint density at radius 1 is 1.10 bits per heavy atom. The Morgan fingerprint density at radius 2 is 1.97 bits per heavy atom. The summed E-state index contributed by atoms with van der Waals surface area (Å²) in [5.41, 5.74) is 4.47. The van der Waals surface area contributed by atoms with E-state index in [0.717, 1.165) is 43.9 Å². The van der Waals surface area contributed by atoms with Crippen LogP contribution in [0.1, 0.15) is 41.3 Å². The van der Waals surface area contributed by atoms with Crippen molar-refractivity contribution in [1.82, 2.24) is 29.6 Å². The molecule has 1 atom stereocenters. The average Bonchev–Trinajstić information content (AvgIpc) is 3.21. The van der Waals surface area contributed by atoms with Crippen molar-refractivity contribution in [2.24, 2.45) is 0 Å². The fourth-order valence-electron chi connectivity index (χ4n) is 4.08. The maximum absolute atomic E-state index is 10.6. The van der Waals surface area contributed by atoms with Crippen LogP contribution in [0.3, 0.4) is 0 Å². The molecule has 164 valence electrons. The quantitative estimate of drug-likeness (QED) is 0.512. The first-order valence-corrected chi connectivity index (χ1v) is 11.7. The lowest BCUT2D eigenvalue weighted by Crippen LogP contribution is -2.32. The number of rotatable bonds is 9. The third-order valence-corrected chi connectivity index (χ3v) is 6.11. The summed E-state index contributed by atoms with van der Waals surface area (Å²) in [6, 6.07) is 14.4. The Hall–Kier alpha value is -2.46. The Bertz CT molecular complexity index is 988. The maximum atomic E-state index is 10.6. The van der Waals surface area contributed by atoms with Crippen molar-refractivity contribution in [1.29, 1.82) is 0 Å². The molecule has 1 aliphatic rings. The van der Waals surface area contributed by atoms with E-state index in [9.17, 15) is 8.76 Å². The summed E-state index contributed by atoms with van der Waals surface area (Å²) in [6.45, 7) is 3.93. The van der Waals surface area contributed by atoms with Gasteiger partial charge in [0.1, 0.15) is 0 Å². The van der Waals surface area contributed by atoms with Gasteiger partial charge in [-0.3, -0.25) is 14.1 Å². The minimum atomic E-state index is -2.20. The highest BCUT2D eigenvalue weighted by molar-refractivity contribution is 7.77. The second kappa shape index (κ2) is 10.7. The Balaban J connectivity index is 1.26. The second-order valence-electron chi connectivity index (χ2n) is 7.90. The molecule has 0 aliphatic carbocycles. The standard InChI is InChI=1S/C22H28N6O2S/c29-31(30)24-11-7-18-4-3-5-20(14-18)19-8-12-27(13-9-19)15-22-17-28(26-25-22)16-21-6-1-2-10-23-21/h1-6,10,14,17,19,24H,7-9,11-13,15-16H2,(H,29,30)/p-1. The second-order valence-corrected chi connectivity index (χ2v) is 8.66. The average molecular weight is 440 g/mol. The van der Waals surface area contributed by atoms with Crippen LogP contribution < -0.4 is 4.72 Å². The molecule has 0 bridgehead atoms. The van der Waals surface area contributed by atoms with Gasteiger partial charge in [-0.2, -0.15) is 0 Å². The first-order valence-electron chi connectivity index (χ1n) is 10.6. The zero-order chi connectivity index (χ0) is 21.5. The molecule has 0 radical (unpaired) electrons. The Kier molecular flexibility index (Phi) is 7.52. The van der Waals surface area contributed by atoms with Crippen molar-refractivity contribution in [2.45, 2.75) is 38.3 Å². The van der Waals surface area contributed by atoms with E-state index in [-0.39, 0.29) is 0 Å². The van der Waals surface area contributed by atoms with Crippen LogP contribution in [-0.4, -0.2) is 53.3 Å². The molecule has 0 saturated carbocycles. The number of likely N-dealkylation sites (tertiary alicyclic amines) is 1. The lowest BCUT2D eigenvalue weighted by atomic mass is 9.88. The number of pyridine rings is 1. The van der Waals surface area contributed by atoms with Crippen LogP contribution in [0.25, 0.3) is 0 Å². The molecular weight excluding hydrogens is 412 g/mol. The number of benzene rings is 1. The summed E-state index contributed by atoms with van der Waals surface area (Å²) in [4.78, 5) is 6.77. The molecule has 1 fully saturated rings. The summed E-state index contributed by atoms with van der Waals surface area (Å²) in [6.07, 6.45) is 6.71. The predicted octanol–water partition coefficient (Wildman–Crippen LogP) is 2.03.